The van der Waals surface area contributed by atoms with Crippen LogP contribution in [0.25, 0.3) is 0 Å². The van der Waals surface area contributed by atoms with Crippen LogP contribution in [0.5, 0.6) is 0 Å². The van der Waals surface area contributed by atoms with Crippen LogP contribution in [0.2, 0.25) is 0 Å². The van der Waals surface area contributed by atoms with Crippen molar-refractivity contribution in [2.24, 2.45) is 0 Å². The number of benzene rings is 1. The number of halogens is 2. The van der Waals surface area contributed by atoms with Gasteiger partial charge in [-0.25, -0.2) is 9.37 Å². The smallest absolute Gasteiger partial charge is 0.139 e. The van der Waals surface area contributed by atoms with E-state index >= 15 is 0 Å². The molecule has 0 bridgehead atoms. The van der Waals surface area contributed by atoms with Crippen molar-refractivity contribution in [2.45, 2.75) is 6.54 Å². The van der Waals surface area contributed by atoms with Gasteiger partial charge < -0.3 is 5.32 Å². The van der Waals surface area contributed by atoms with Gasteiger partial charge >= 0.3 is 0 Å². The molecular weight excluding hydrogens is 279 g/mol. The highest BCUT2D eigenvalue weighted by molar-refractivity contribution is 9.10. The number of nitrogens with one attached hydrogen (secondary N) is 1. The lowest BCUT2D eigenvalue weighted by molar-refractivity contribution is 0.621. The molecule has 0 spiro atoms. The molecule has 0 amide bonds. The van der Waals surface area contributed by atoms with Crippen LogP contribution in [-0.4, -0.2) is 4.98 Å². The zero-order valence-corrected chi connectivity index (χ0v) is 10.1. The van der Waals surface area contributed by atoms with E-state index in [1.807, 2.05) is 11.4 Å². The lowest BCUT2D eigenvalue weighted by atomic mass is 10.3. The van der Waals surface area contributed by atoms with E-state index in [0.29, 0.717) is 11.0 Å². The third-order valence-corrected chi connectivity index (χ3v) is 3.27. The number of rotatable bonds is 3. The second-order valence-corrected chi connectivity index (χ2v) is 4.74. The molecule has 2 nitrogen and oxygen atoms in total. The van der Waals surface area contributed by atoms with Crippen molar-refractivity contribution in [1.82, 2.24) is 4.98 Å². The highest BCUT2D eigenvalue weighted by Gasteiger charge is 2.00. The predicted molar refractivity (Wildman–Crippen MR) is 63.5 cm³/mol. The average molecular weight is 287 g/mol. The summed E-state index contributed by atoms with van der Waals surface area (Å²) in [6.45, 7) is 0.624. The van der Waals surface area contributed by atoms with Gasteiger partial charge in [0.05, 0.1) is 11.0 Å². The fraction of sp³-hybridized carbons (Fsp3) is 0.100. The monoisotopic (exact) mass is 286 g/mol. The fourth-order valence-corrected chi connectivity index (χ4v) is 1.93. The van der Waals surface area contributed by atoms with Crippen molar-refractivity contribution >= 4 is 33.0 Å². The summed E-state index contributed by atoms with van der Waals surface area (Å²) in [5.74, 6) is -0.265. The molecular formula is C10H8BrFN2S. The van der Waals surface area contributed by atoms with Gasteiger partial charge in [0.25, 0.3) is 0 Å². The van der Waals surface area contributed by atoms with Gasteiger partial charge in [-0.2, -0.15) is 0 Å². The number of hydrogen-bond acceptors (Lipinski definition) is 3. The number of thiazole rings is 1. The molecule has 1 aromatic heterocycles. The maximum Gasteiger partial charge on any atom is 0.139 e. The Kier molecular flexibility index (Phi) is 3.33. The van der Waals surface area contributed by atoms with Crippen molar-refractivity contribution in [3.63, 3.8) is 0 Å². The molecule has 78 valence electrons. The zero-order chi connectivity index (χ0) is 10.7. The predicted octanol–water partition coefficient (Wildman–Crippen LogP) is 3.66. The summed E-state index contributed by atoms with van der Waals surface area (Å²) in [6, 6.07) is 4.96. The van der Waals surface area contributed by atoms with Crippen LogP contribution in [0.1, 0.15) is 5.01 Å². The second-order valence-electron chi connectivity index (χ2n) is 2.91. The number of nitrogens with zero attached hydrogens (tertiary/aromatic N) is 1. The highest BCUT2D eigenvalue weighted by atomic mass is 79.9. The summed E-state index contributed by atoms with van der Waals surface area (Å²) >= 11 is 4.68. The van der Waals surface area contributed by atoms with Gasteiger partial charge in [0, 0.05) is 17.3 Å². The average Bonchev–Trinajstić information content (AvgIpc) is 2.73. The lowest BCUT2D eigenvalue weighted by Gasteiger charge is -2.04. The van der Waals surface area contributed by atoms with E-state index in [-0.39, 0.29) is 5.82 Å². The molecule has 0 aliphatic carbocycles. The normalized spacial score (nSPS) is 10.3. The molecule has 1 N–H and O–H groups in total. The Morgan fingerprint density at radius 1 is 1.47 bits per heavy atom. The van der Waals surface area contributed by atoms with E-state index in [0.717, 1.165) is 10.7 Å². The van der Waals surface area contributed by atoms with Gasteiger partial charge in [-0.05, 0) is 34.1 Å². The molecule has 5 heteroatoms. The van der Waals surface area contributed by atoms with Gasteiger partial charge in [0.1, 0.15) is 10.8 Å². The third kappa shape index (κ3) is 2.76. The number of hydrogen-bond donors (Lipinski definition) is 1. The topological polar surface area (TPSA) is 24.9 Å². The van der Waals surface area contributed by atoms with E-state index < -0.39 is 0 Å². The first-order valence-electron chi connectivity index (χ1n) is 4.33. The first-order chi connectivity index (χ1) is 7.25. The zero-order valence-electron chi connectivity index (χ0n) is 7.71. The van der Waals surface area contributed by atoms with Crippen LogP contribution in [-0.2, 0) is 6.54 Å². The molecule has 2 rings (SSSR count). The molecule has 1 aromatic carbocycles. The van der Waals surface area contributed by atoms with Crippen molar-refractivity contribution in [3.05, 3.63) is 45.1 Å². The van der Waals surface area contributed by atoms with Crippen LogP contribution < -0.4 is 5.32 Å². The summed E-state index contributed by atoms with van der Waals surface area (Å²) in [5, 5.41) is 6.00. The first kappa shape index (κ1) is 10.6. The van der Waals surface area contributed by atoms with Crippen LogP contribution in [0.4, 0.5) is 10.1 Å². The molecule has 0 atom stereocenters. The Morgan fingerprint density at radius 2 is 2.33 bits per heavy atom. The SMILES string of the molecule is Fc1cc(NCc2nccs2)ccc1Br. The molecule has 0 saturated carbocycles. The Morgan fingerprint density at radius 3 is 3.00 bits per heavy atom. The Hall–Kier alpha value is -0.940. The largest absolute Gasteiger partial charge is 0.378 e. The number of aromatic nitrogens is 1. The maximum absolute atomic E-state index is 13.1. The van der Waals surface area contributed by atoms with Crippen molar-refractivity contribution in [1.29, 1.82) is 0 Å². The van der Waals surface area contributed by atoms with Gasteiger partial charge in [0.15, 0.2) is 0 Å². The molecule has 0 radical (unpaired) electrons. The Balaban J connectivity index is 2.02. The lowest BCUT2D eigenvalue weighted by Crippen LogP contribution is -1.98. The summed E-state index contributed by atoms with van der Waals surface area (Å²) < 4.78 is 13.6. The minimum absolute atomic E-state index is 0.265. The van der Waals surface area contributed by atoms with Gasteiger partial charge in [-0.3, -0.25) is 0 Å². The van der Waals surface area contributed by atoms with Crippen molar-refractivity contribution in [2.75, 3.05) is 5.32 Å². The molecule has 0 aliphatic heterocycles. The minimum atomic E-state index is -0.265. The molecule has 0 fully saturated rings. The second kappa shape index (κ2) is 4.72. The van der Waals surface area contributed by atoms with E-state index in [1.54, 1.807) is 23.6 Å². The standard InChI is InChI=1S/C10H8BrFN2S/c11-8-2-1-7(5-9(8)12)14-6-10-13-3-4-15-10/h1-5,14H,6H2. The van der Waals surface area contributed by atoms with E-state index in [2.05, 4.69) is 26.2 Å². The Labute approximate surface area is 99.3 Å². The van der Waals surface area contributed by atoms with Crippen LogP contribution >= 0.6 is 27.3 Å². The van der Waals surface area contributed by atoms with Crippen molar-refractivity contribution in [3.8, 4) is 0 Å². The first-order valence-corrected chi connectivity index (χ1v) is 6.00. The molecule has 0 saturated heterocycles. The van der Waals surface area contributed by atoms with E-state index in [9.17, 15) is 4.39 Å². The minimum Gasteiger partial charge on any atom is -0.378 e. The van der Waals surface area contributed by atoms with E-state index in [1.165, 1.54) is 6.07 Å². The molecule has 0 unspecified atom stereocenters. The quantitative estimate of drug-likeness (QED) is 0.932. The van der Waals surface area contributed by atoms with Gasteiger partial charge in [-0.1, -0.05) is 0 Å². The van der Waals surface area contributed by atoms with Gasteiger partial charge in [-0.15, -0.1) is 11.3 Å². The summed E-state index contributed by atoms with van der Waals surface area (Å²) in [6.07, 6.45) is 1.75. The summed E-state index contributed by atoms with van der Waals surface area (Å²) in [7, 11) is 0. The van der Waals surface area contributed by atoms with Gasteiger partial charge in [0.2, 0.25) is 0 Å². The maximum atomic E-state index is 13.1. The number of anilines is 1. The van der Waals surface area contributed by atoms with E-state index in [4.69, 9.17) is 0 Å². The molecule has 15 heavy (non-hydrogen) atoms. The molecule has 2 aromatic rings. The molecule has 1 heterocycles. The fourth-order valence-electron chi connectivity index (χ4n) is 1.12. The Bertz CT molecular complexity index is 445. The summed E-state index contributed by atoms with van der Waals surface area (Å²) in [4.78, 5) is 4.12. The van der Waals surface area contributed by atoms with Crippen molar-refractivity contribution < 1.29 is 4.39 Å². The third-order valence-electron chi connectivity index (χ3n) is 1.85. The van der Waals surface area contributed by atoms with Crippen LogP contribution in [0.3, 0.4) is 0 Å². The highest BCUT2D eigenvalue weighted by Crippen LogP contribution is 2.19. The summed E-state index contributed by atoms with van der Waals surface area (Å²) in [5.41, 5.74) is 0.755. The van der Waals surface area contributed by atoms with Crippen LogP contribution in [0.15, 0.2) is 34.2 Å². The molecule has 0 aliphatic rings. The van der Waals surface area contributed by atoms with Crippen LogP contribution in [0, 0.1) is 5.82 Å².